The fourth-order valence-corrected chi connectivity index (χ4v) is 4.33. The van der Waals surface area contributed by atoms with E-state index in [2.05, 4.69) is 47.8 Å². The smallest absolute Gasteiger partial charge is 0.144 e. The molecule has 0 bridgehead atoms. The SMILES string of the molecule is NC1(c2c(Br)cc(Br)c(O)c2Br)CC1. The number of nitrogens with two attached hydrogens (primary N) is 1. The molecule has 3 N–H and O–H groups in total. The van der Waals surface area contributed by atoms with Crippen molar-refractivity contribution in [1.29, 1.82) is 0 Å². The molecule has 1 aliphatic rings. The van der Waals surface area contributed by atoms with Crippen LogP contribution < -0.4 is 5.73 Å². The van der Waals surface area contributed by atoms with Gasteiger partial charge in [-0.05, 0) is 50.8 Å². The minimum absolute atomic E-state index is 0.208. The Morgan fingerprint density at radius 1 is 1.21 bits per heavy atom. The highest BCUT2D eigenvalue weighted by Gasteiger charge is 2.43. The molecule has 0 aliphatic heterocycles. The van der Waals surface area contributed by atoms with E-state index in [9.17, 15) is 5.11 Å². The molecule has 0 aromatic heterocycles. The van der Waals surface area contributed by atoms with Gasteiger partial charge in [-0.2, -0.15) is 0 Å². The van der Waals surface area contributed by atoms with Crippen LogP contribution in [0.4, 0.5) is 0 Å². The number of phenols is 1. The topological polar surface area (TPSA) is 46.2 Å². The van der Waals surface area contributed by atoms with E-state index in [-0.39, 0.29) is 11.3 Å². The molecule has 0 unspecified atom stereocenters. The van der Waals surface area contributed by atoms with Gasteiger partial charge < -0.3 is 10.8 Å². The summed E-state index contributed by atoms with van der Waals surface area (Å²) in [5, 5.41) is 9.73. The van der Waals surface area contributed by atoms with Gasteiger partial charge in [0, 0.05) is 15.6 Å². The standard InChI is InChI=1S/C9H8Br3NO/c10-4-3-5(11)8(14)7(12)6(4)9(13)1-2-9/h3,14H,1-2,13H2. The van der Waals surface area contributed by atoms with Gasteiger partial charge in [-0.1, -0.05) is 15.9 Å². The zero-order chi connectivity index (χ0) is 10.5. The van der Waals surface area contributed by atoms with Gasteiger partial charge in [0.15, 0.2) is 0 Å². The number of hydrogen-bond acceptors (Lipinski definition) is 2. The lowest BCUT2D eigenvalue weighted by atomic mass is 10.1. The summed E-state index contributed by atoms with van der Waals surface area (Å²) in [5.41, 5.74) is 6.79. The molecule has 1 saturated carbocycles. The zero-order valence-corrected chi connectivity index (χ0v) is 11.9. The van der Waals surface area contributed by atoms with Crippen LogP contribution >= 0.6 is 47.8 Å². The summed E-state index contributed by atoms with van der Waals surface area (Å²) in [7, 11) is 0. The fourth-order valence-electron chi connectivity index (χ4n) is 1.42. The number of rotatable bonds is 1. The zero-order valence-electron chi connectivity index (χ0n) is 7.15. The summed E-state index contributed by atoms with van der Waals surface area (Å²) in [6.45, 7) is 0. The minimum Gasteiger partial charge on any atom is -0.506 e. The van der Waals surface area contributed by atoms with E-state index in [1.54, 1.807) is 0 Å². The molecule has 1 aliphatic carbocycles. The van der Waals surface area contributed by atoms with Crippen LogP contribution in [0.1, 0.15) is 18.4 Å². The highest BCUT2D eigenvalue weighted by Crippen LogP contribution is 2.52. The summed E-state index contributed by atoms with van der Waals surface area (Å²) >= 11 is 10.1. The van der Waals surface area contributed by atoms with Gasteiger partial charge in [0.2, 0.25) is 0 Å². The van der Waals surface area contributed by atoms with Crippen molar-refractivity contribution in [3.05, 3.63) is 25.0 Å². The van der Waals surface area contributed by atoms with Gasteiger partial charge in [0.25, 0.3) is 0 Å². The second kappa shape index (κ2) is 3.47. The van der Waals surface area contributed by atoms with Crippen molar-refractivity contribution in [1.82, 2.24) is 0 Å². The molecule has 0 spiro atoms. The number of hydrogen-bond donors (Lipinski definition) is 2. The van der Waals surface area contributed by atoms with Crippen molar-refractivity contribution in [2.75, 3.05) is 0 Å². The van der Waals surface area contributed by atoms with Crippen LogP contribution in [-0.4, -0.2) is 5.11 Å². The summed E-state index contributed by atoms with van der Waals surface area (Å²) in [5.74, 6) is 0.208. The van der Waals surface area contributed by atoms with Crippen LogP contribution in [0.25, 0.3) is 0 Å². The van der Waals surface area contributed by atoms with Crippen molar-refractivity contribution in [3.63, 3.8) is 0 Å². The van der Waals surface area contributed by atoms with Gasteiger partial charge in [-0.15, -0.1) is 0 Å². The van der Waals surface area contributed by atoms with Gasteiger partial charge >= 0.3 is 0 Å². The first-order valence-electron chi connectivity index (χ1n) is 4.11. The van der Waals surface area contributed by atoms with E-state index < -0.39 is 0 Å². The third-order valence-corrected chi connectivity index (χ3v) is 4.43. The van der Waals surface area contributed by atoms with Gasteiger partial charge in [0.1, 0.15) is 5.75 Å². The molecule has 0 saturated heterocycles. The summed E-state index contributed by atoms with van der Waals surface area (Å²) < 4.78 is 2.26. The van der Waals surface area contributed by atoms with Crippen molar-refractivity contribution >= 4 is 47.8 Å². The van der Waals surface area contributed by atoms with Crippen molar-refractivity contribution in [2.24, 2.45) is 5.73 Å². The van der Waals surface area contributed by atoms with Crippen LogP contribution in [0, 0.1) is 0 Å². The predicted molar refractivity (Wildman–Crippen MR) is 66.3 cm³/mol. The predicted octanol–water partition coefficient (Wildman–Crippen LogP) is 3.63. The van der Waals surface area contributed by atoms with Gasteiger partial charge in [-0.3, -0.25) is 0 Å². The van der Waals surface area contributed by atoms with Crippen molar-refractivity contribution in [3.8, 4) is 5.75 Å². The van der Waals surface area contributed by atoms with Gasteiger partial charge in [0.05, 0.1) is 8.95 Å². The van der Waals surface area contributed by atoms with E-state index in [4.69, 9.17) is 5.73 Å². The molecule has 1 aromatic rings. The lowest BCUT2D eigenvalue weighted by molar-refractivity contribution is 0.465. The Hall–Kier alpha value is 0.420. The number of halogens is 3. The maximum absolute atomic E-state index is 9.73. The first-order chi connectivity index (χ1) is 6.46. The van der Waals surface area contributed by atoms with Crippen LogP contribution in [-0.2, 0) is 5.54 Å². The Morgan fingerprint density at radius 2 is 1.79 bits per heavy atom. The lowest BCUT2D eigenvalue weighted by Gasteiger charge is -2.16. The summed E-state index contributed by atoms with van der Waals surface area (Å²) in [6.07, 6.45) is 1.93. The highest BCUT2D eigenvalue weighted by atomic mass is 79.9. The third kappa shape index (κ3) is 1.64. The lowest BCUT2D eigenvalue weighted by Crippen LogP contribution is -2.20. The van der Waals surface area contributed by atoms with E-state index in [1.807, 2.05) is 6.07 Å². The largest absolute Gasteiger partial charge is 0.506 e. The Labute approximate surface area is 107 Å². The average molecular weight is 386 g/mol. The molecular weight excluding hydrogens is 378 g/mol. The first kappa shape index (κ1) is 10.9. The Bertz CT molecular complexity index is 402. The Morgan fingerprint density at radius 3 is 2.29 bits per heavy atom. The molecule has 0 heterocycles. The van der Waals surface area contributed by atoms with E-state index in [0.717, 1.165) is 22.9 Å². The van der Waals surface area contributed by atoms with Crippen molar-refractivity contribution in [2.45, 2.75) is 18.4 Å². The molecule has 2 rings (SSSR count). The third-order valence-electron chi connectivity index (χ3n) is 2.43. The number of benzene rings is 1. The molecule has 2 nitrogen and oxygen atoms in total. The molecule has 0 atom stereocenters. The quantitative estimate of drug-likeness (QED) is 0.775. The maximum Gasteiger partial charge on any atom is 0.144 e. The normalized spacial score (nSPS) is 18.3. The molecule has 1 aromatic carbocycles. The van der Waals surface area contributed by atoms with Crippen LogP contribution in [0.2, 0.25) is 0 Å². The molecule has 0 radical (unpaired) electrons. The van der Waals surface area contributed by atoms with E-state index in [1.165, 1.54) is 0 Å². The summed E-state index contributed by atoms with van der Waals surface area (Å²) in [4.78, 5) is 0. The second-order valence-corrected chi connectivity index (χ2v) is 6.04. The molecule has 0 amide bonds. The van der Waals surface area contributed by atoms with Crippen LogP contribution in [0.3, 0.4) is 0 Å². The second-order valence-electron chi connectivity index (χ2n) is 3.53. The van der Waals surface area contributed by atoms with E-state index >= 15 is 0 Å². The highest BCUT2D eigenvalue weighted by molar-refractivity contribution is 9.11. The number of aromatic hydroxyl groups is 1. The summed E-state index contributed by atoms with van der Waals surface area (Å²) in [6, 6.07) is 1.82. The number of phenolic OH excluding ortho intramolecular Hbond substituents is 1. The Balaban J connectivity index is 2.65. The molecule has 1 fully saturated rings. The van der Waals surface area contributed by atoms with Crippen LogP contribution in [0.15, 0.2) is 19.5 Å². The monoisotopic (exact) mass is 383 g/mol. The molecule has 76 valence electrons. The minimum atomic E-state index is -0.268. The molecule has 5 heteroatoms. The Kier molecular flexibility index (Phi) is 2.71. The maximum atomic E-state index is 9.73. The van der Waals surface area contributed by atoms with Crippen molar-refractivity contribution < 1.29 is 5.11 Å². The average Bonchev–Trinajstić information content (AvgIpc) is 2.80. The molecule has 14 heavy (non-hydrogen) atoms. The van der Waals surface area contributed by atoms with Gasteiger partial charge in [-0.25, -0.2) is 0 Å². The first-order valence-corrected chi connectivity index (χ1v) is 6.49. The fraction of sp³-hybridized carbons (Fsp3) is 0.333. The molecular formula is C9H8Br3NO. The van der Waals surface area contributed by atoms with Crippen LogP contribution in [0.5, 0.6) is 5.75 Å². The van der Waals surface area contributed by atoms with E-state index in [0.29, 0.717) is 8.95 Å².